The lowest BCUT2D eigenvalue weighted by atomic mass is 9.85. The Kier molecular flexibility index (Phi) is 2.69. The topological polar surface area (TPSA) is 60.2 Å². The number of rotatable bonds is 2. The molecular weight excluding hydrogens is 193 g/mol. The maximum absolute atomic E-state index is 13.9. The van der Waals surface area contributed by atoms with Crippen LogP contribution in [0.15, 0.2) is 0 Å². The van der Waals surface area contributed by atoms with Gasteiger partial charge in [-0.25, -0.2) is 12.8 Å². The second kappa shape index (κ2) is 3.20. The van der Waals surface area contributed by atoms with E-state index in [1.165, 1.54) is 6.92 Å². The molecule has 3 nitrogen and oxygen atoms in total. The van der Waals surface area contributed by atoms with Gasteiger partial charge in [-0.3, -0.25) is 0 Å². The van der Waals surface area contributed by atoms with Crippen molar-refractivity contribution in [1.82, 2.24) is 0 Å². The zero-order valence-corrected chi connectivity index (χ0v) is 8.77. The first-order valence-electron chi connectivity index (χ1n) is 4.40. The molecule has 0 aromatic carbocycles. The number of alkyl halides is 1. The molecule has 1 fully saturated rings. The van der Waals surface area contributed by atoms with Gasteiger partial charge < -0.3 is 5.73 Å². The first-order valence-corrected chi connectivity index (χ1v) is 6.23. The Morgan fingerprint density at radius 1 is 1.62 bits per heavy atom. The summed E-state index contributed by atoms with van der Waals surface area (Å²) in [5.74, 6) is -0.386. The van der Waals surface area contributed by atoms with Crippen LogP contribution in [0, 0.1) is 5.92 Å². The van der Waals surface area contributed by atoms with Crippen LogP contribution in [0.3, 0.4) is 0 Å². The summed E-state index contributed by atoms with van der Waals surface area (Å²) in [6, 6.07) is -0.620. The molecular formula is C8H16FNO2S. The van der Waals surface area contributed by atoms with Crippen LogP contribution >= 0.6 is 0 Å². The number of nitrogens with two attached hydrogens (primary N) is 1. The van der Waals surface area contributed by atoms with Crippen molar-refractivity contribution >= 4 is 9.84 Å². The molecule has 1 heterocycles. The molecule has 0 aromatic heterocycles. The van der Waals surface area contributed by atoms with Crippen LogP contribution in [0.1, 0.15) is 20.3 Å². The van der Waals surface area contributed by atoms with Gasteiger partial charge in [-0.05, 0) is 20.3 Å². The fourth-order valence-corrected chi connectivity index (χ4v) is 3.53. The van der Waals surface area contributed by atoms with Gasteiger partial charge in [-0.2, -0.15) is 0 Å². The summed E-state index contributed by atoms with van der Waals surface area (Å²) in [4.78, 5) is 0. The van der Waals surface area contributed by atoms with Crippen molar-refractivity contribution in [1.29, 1.82) is 0 Å². The molecule has 0 amide bonds. The predicted molar refractivity (Wildman–Crippen MR) is 49.9 cm³/mol. The van der Waals surface area contributed by atoms with Gasteiger partial charge in [0, 0.05) is 12.0 Å². The van der Waals surface area contributed by atoms with Crippen LogP contribution in [0.2, 0.25) is 0 Å². The molecule has 0 aromatic rings. The van der Waals surface area contributed by atoms with E-state index >= 15 is 0 Å². The van der Waals surface area contributed by atoms with Gasteiger partial charge in [0.25, 0.3) is 0 Å². The summed E-state index contributed by atoms with van der Waals surface area (Å²) in [6.07, 6.45) is 0.400. The molecule has 0 saturated carbocycles. The van der Waals surface area contributed by atoms with Crippen LogP contribution in [0.5, 0.6) is 0 Å². The minimum atomic E-state index is -3.01. The highest BCUT2D eigenvalue weighted by molar-refractivity contribution is 7.91. The van der Waals surface area contributed by atoms with E-state index in [2.05, 4.69) is 0 Å². The summed E-state index contributed by atoms with van der Waals surface area (Å²) in [7, 11) is -3.01. The Balaban J connectivity index is 2.76. The Hall–Kier alpha value is -0.160. The lowest BCUT2D eigenvalue weighted by molar-refractivity contribution is 0.0904. The van der Waals surface area contributed by atoms with Crippen molar-refractivity contribution in [2.24, 2.45) is 11.7 Å². The maximum Gasteiger partial charge on any atom is 0.150 e. The standard InChI is InChI=1S/C8H16FNO2S/c1-6(10)8(2,9)7-3-4-13(11,12)5-7/h6-7H,3-5,10H2,1-2H3. The Morgan fingerprint density at radius 3 is 2.46 bits per heavy atom. The minimum absolute atomic E-state index is 0.0540. The number of hydrogen-bond donors (Lipinski definition) is 1. The van der Waals surface area contributed by atoms with E-state index in [9.17, 15) is 12.8 Å². The first-order chi connectivity index (χ1) is 5.76. The highest BCUT2D eigenvalue weighted by Gasteiger charge is 2.44. The van der Waals surface area contributed by atoms with E-state index in [1.807, 2.05) is 0 Å². The van der Waals surface area contributed by atoms with E-state index in [4.69, 9.17) is 5.73 Å². The van der Waals surface area contributed by atoms with Crippen molar-refractivity contribution in [3.05, 3.63) is 0 Å². The monoisotopic (exact) mass is 209 g/mol. The van der Waals surface area contributed by atoms with Gasteiger partial charge in [0.2, 0.25) is 0 Å². The Morgan fingerprint density at radius 2 is 2.15 bits per heavy atom. The summed E-state index contributed by atoms with van der Waals surface area (Å²) in [5, 5.41) is 0. The first kappa shape index (κ1) is 10.9. The van der Waals surface area contributed by atoms with Gasteiger partial charge in [-0.1, -0.05) is 0 Å². The third-order valence-electron chi connectivity index (χ3n) is 2.92. The van der Waals surface area contributed by atoms with Gasteiger partial charge in [-0.15, -0.1) is 0 Å². The Bertz CT molecular complexity index is 285. The van der Waals surface area contributed by atoms with E-state index in [0.717, 1.165) is 0 Å². The van der Waals surface area contributed by atoms with E-state index in [1.54, 1.807) is 6.92 Å². The second-order valence-electron chi connectivity index (χ2n) is 4.04. The molecule has 78 valence electrons. The molecule has 2 N–H and O–H groups in total. The fourth-order valence-electron chi connectivity index (χ4n) is 1.61. The van der Waals surface area contributed by atoms with Gasteiger partial charge in [0.15, 0.2) is 9.84 Å². The molecule has 3 atom stereocenters. The highest BCUT2D eigenvalue weighted by atomic mass is 32.2. The van der Waals surface area contributed by atoms with Gasteiger partial charge in [0.05, 0.1) is 11.5 Å². The SMILES string of the molecule is CC(N)C(C)(F)C1CCS(=O)(=O)C1. The predicted octanol–water partition coefficient (Wildman–Crippen LogP) is 0.497. The molecule has 1 rings (SSSR count). The lowest BCUT2D eigenvalue weighted by Crippen LogP contribution is -2.46. The average Bonchev–Trinajstić information content (AvgIpc) is 2.30. The van der Waals surface area contributed by atoms with Crippen LogP contribution in [0.25, 0.3) is 0 Å². The molecule has 1 aliphatic rings. The zero-order valence-electron chi connectivity index (χ0n) is 7.96. The summed E-state index contributed by atoms with van der Waals surface area (Å²) in [5.41, 5.74) is 3.90. The normalized spacial score (nSPS) is 34.0. The number of hydrogen-bond acceptors (Lipinski definition) is 3. The highest BCUT2D eigenvalue weighted by Crippen LogP contribution is 2.33. The molecule has 3 unspecified atom stereocenters. The van der Waals surface area contributed by atoms with Crippen molar-refractivity contribution in [2.45, 2.75) is 32.0 Å². The number of sulfone groups is 1. The molecule has 13 heavy (non-hydrogen) atoms. The molecule has 1 aliphatic heterocycles. The smallest absolute Gasteiger partial charge is 0.150 e. The third kappa shape index (κ3) is 2.20. The summed E-state index contributed by atoms with van der Waals surface area (Å²) < 4.78 is 36.1. The van der Waals surface area contributed by atoms with E-state index < -0.39 is 27.5 Å². The van der Waals surface area contributed by atoms with Crippen LogP contribution in [-0.4, -0.2) is 31.6 Å². The molecule has 1 saturated heterocycles. The number of halogens is 1. The maximum atomic E-state index is 13.9. The average molecular weight is 209 g/mol. The van der Waals surface area contributed by atoms with Crippen molar-refractivity contribution in [3.8, 4) is 0 Å². The summed E-state index contributed by atoms with van der Waals surface area (Å²) >= 11 is 0. The molecule has 0 bridgehead atoms. The Labute approximate surface area is 78.4 Å². The quantitative estimate of drug-likeness (QED) is 0.720. The van der Waals surface area contributed by atoms with Crippen LogP contribution in [0.4, 0.5) is 4.39 Å². The zero-order chi connectivity index (χ0) is 10.3. The van der Waals surface area contributed by atoms with Crippen molar-refractivity contribution < 1.29 is 12.8 Å². The largest absolute Gasteiger partial charge is 0.325 e. The van der Waals surface area contributed by atoms with Gasteiger partial charge in [0.1, 0.15) is 5.67 Å². The minimum Gasteiger partial charge on any atom is -0.325 e. The van der Waals surface area contributed by atoms with Crippen LogP contribution in [-0.2, 0) is 9.84 Å². The second-order valence-corrected chi connectivity index (χ2v) is 6.27. The van der Waals surface area contributed by atoms with Crippen molar-refractivity contribution in [2.75, 3.05) is 11.5 Å². The van der Waals surface area contributed by atoms with Gasteiger partial charge >= 0.3 is 0 Å². The van der Waals surface area contributed by atoms with Crippen LogP contribution < -0.4 is 5.73 Å². The molecule has 0 aliphatic carbocycles. The van der Waals surface area contributed by atoms with E-state index in [-0.39, 0.29) is 11.5 Å². The summed E-state index contributed by atoms with van der Waals surface area (Å²) in [6.45, 7) is 2.97. The van der Waals surface area contributed by atoms with E-state index in [0.29, 0.717) is 6.42 Å². The van der Waals surface area contributed by atoms with Crippen molar-refractivity contribution in [3.63, 3.8) is 0 Å². The molecule has 0 radical (unpaired) electrons. The molecule has 0 spiro atoms. The lowest BCUT2D eigenvalue weighted by Gasteiger charge is -2.29. The fraction of sp³-hybridized carbons (Fsp3) is 1.00. The molecule has 5 heteroatoms. The third-order valence-corrected chi connectivity index (χ3v) is 4.69.